The lowest BCUT2D eigenvalue weighted by Crippen LogP contribution is -2.54. The van der Waals surface area contributed by atoms with E-state index in [-0.39, 0.29) is 24.2 Å². The van der Waals surface area contributed by atoms with Crippen LogP contribution in [0.25, 0.3) is 0 Å². The van der Waals surface area contributed by atoms with Crippen molar-refractivity contribution in [3.63, 3.8) is 0 Å². The second-order valence-corrected chi connectivity index (χ2v) is 10.1. The maximum absolute atomic E-state index is 6.25. The highest BCUT2D eigenvalue weighted by molar-refractivity contribution is 5.61. The van der Waals surface area contributed by atoms with Crippen LogP contribution >= 0.6 is 0 Å². The molecule has 0 unspecified atom stereocenters. The van der Waals surface area contributed by atoms with Crippen molar-refractivity contribution in [3.05, 3.63) is 24.3 Å². The van der Waals surface area contributed by atoms with Crippen LogP contribution in [0.3, 0.4) is 0 Å². The summed E-state index contributed by atoms with van der Waals surface area (Å²) >= 11 is 0. The van der Waals surface area contributed by atoms with Gasteiger partial charge in [-0.2, -0.15) is 15.0 Å². The van der Waals surface area contributed by atoms with Crippen LogP contribution in [-0.4, -0.2) is 77.9 Å². The number of benzene rings is 1. The molecule has 0 saturated carbocycles. The van der Waals surface area contributed by atoms with Crippen molar-refractivity contribution in [2.45, 2.75) is 63.8 Å². The summed E-state index contributed by atoms with van der Waals surface area (Å²) in [6.45, 7) is 10.1. The molecule has 3 heterocycles. The molecule has 2 aliphatic heterocycles. The number of piperidine rings is 2. The summed E-state index contributed by atoms with van der Waals surface area (Å²) < 4.78 is 0. The second-order valence-electron chi connectivity index (χ2n) is 10.1. The van der Waals surface area contributed by atoms with Gasteiger partial charge in [0.2, 0.25) is 17.8 Å². The first-order chi connectivity index (χ1) is 16.7. The maximum Gasteiger partial charge on any atom is 0.233 e. The van der Waals surface area contributed by atoms with Crippen LogP contribution < -0.4 is 43.0 Å². The number of nitrogens with two attached hydrogens (primary N) is 4. The summed E-state index contributed by atoms with van der Waals surface area (Å²) in [6, 6.07) is 8.64. The van der Waals surface area contributed by atoms with Gasteiger partial charge >= 0.3 is 0 Å². The molecule has 2 aliphatic rings. The van der Waals surface area contributed by atoms with E-state index < -0.39 is 0 Å². The van der Waals surface area contributed by atoms with Crippen molar-refractivity contribution < 1.29 is 0 Å². The Labute approximate surface area is 208 Å². The molecular formula is C24H41N11. The monoisotopic (exact) mass is 483 g/mol. The lowest BCUT2D eigenvalue weighted by Gasteiger charge is -2.37. The van der Waals surface area contributed by atoms with Gasteiger partial charge in [-0.25, -0.2) is 0 Å². The zero-order valence-corrected chi connectivity index (χ0v) is 21.1. The number of hydrogen-bond donors (Lipinski definition) is 5. The average molecular weight is 484 g/mol. The van der Waals surface area contributed by atoms with Gasteiger partial charge in [-0.1, -0.05) is 0 Å². The van der Waals surface area contributed by atoms with E-state index in [4.69, 9.17) is 37.9 Å². The first kappa shape index (κ1) is 25.4. The van der Waals surface area contributed by atoms with Crippen LogP contribution in [0.2, 0.25) is 0 Å². The third-order valence-corrected chi connectivity index (χ3v) is 6.63. The molecule has 11 heteroatoms. The van der Waals surface area contributed by atoms with Gasteiger partial charge in [-0.05, 0) is 57.9 Å². The Bertz CT molecular complexity index is 902. The summed E-state index contributed by atoms with van der Waals surface area (Å²) in [6.07, 6.45) is 1.57. The third-order valence-electron chi connectivity index (χ3n) is 6.63. The van der Waals surface area contributed by atoms with Gasteiger partial charge in [0.05, 0.1) is 0 Å². The fourth-order valence-electron chi connectivity index (χ4n) is 5.09. The van der Waals surface area contributed by atoms with E-state index in [0.717, 1.165) is 25.1 Å². The highest BCUT2D eigenvalue weighted by atomic mass is 15.4. The second kappa shape index (κ2) is 10.9. The summed E-state index contributed by atoms with van der Waals surface area (Å²) in [5.41, 5.74) is 27.1. The molecule has 2 aromatic rings. The fourth-order valence-corrected chi connectivity index (χ4v) is 5.09. The molecule has 35 heavy (non-hydrogen) atoms. The summed E-state index contributed by atoms with van der Waals surface area (Å²) in [5, 5.41) is 3.36. The van der Waals surface area contributed by atoms with E-state index in [1.165, 1.54) is 5.69 Å². The molecule has 2 fully saturated rings. The average Bonchev–Trinajstić information content (AvgIpc) is 2.79. The molecule has 1 aromatic heterocycles. The van der Waals surface area contributed by atoms with Crippen LogP contribution in [0, 0.1) is 0 Å². The molecule has 11 nitrogen and oxygen atoms in total. The minimum Gasteiger partial charge on any atom is -0.369 e. The zero-order valence-electron chi connectivity index (χ0n) is 21.1. The summed E-state index contributed by atoms with van der Waals surface area (Å²) in [5.74, 6) is 1.59. The van der Waals surface area contributed by atoms with Crippen molar-refractivity contribution in [1.82, 2.24) is 15.0 Å². The molecule has 4 rings (SSSR count). The van der Waals surface area contributed by atoms with Crippen molar-refractivity contribution in [2.24, 2.45) is 22.9 Å². The number of rotatable bonds is 7. The van der Waals surface area contributed by atoms with E-state index in [1.54, 1.807) is 0 Å². The first-order valence-electron chi connectivity index (χ1n) is 12.6. The van der Waals surface area contributed by atoms with Crippen LogP contribution in [0.1, 0.15) is 33.6 Å². The molecule has 0 radical (unpaired) electrons. The Morgan fingerprint density at radius 2 is 1.29 bits per heavy atom. The zero-order chi connectivity index (χ0) is 25.1. The topological polar surface area (TPSA) is 164 Å². The highest BCUT2D eigenvalue weighted by Gasteiger charge is 2.28. The van der Waals surface area contributed by atoms with Crippen LogP contribution in [0.15, 0.2) is 24.3 Å². The SMILES string of the molecule is CCN(c1ccc(Nc2nc(N3C[C@H](N)C[C@H](N)C3)nc(N3C[C@H](N)C[C@H](N)C3)n2)cc1)C(C)C. The van der Waals surface area contributed by atoms with Crippen LogP contribution in [0.4, 0.5) is 29.2 Å². The molecule has 0 amide bonds. The first-order valence-corrected chi connectivity index (χ1v) is 12.6. The van der Waals surface area contributed by atoms with Gasteiger partial charge in [0.25, 0.3) is 0 Å². The summed E-state index contributed by atoms with van der Waals surface area (Å²) in [4.78, 5) is 20.7. The van der Waals surface area contributed by atoms with Crippen LogP contribution in [-0.2, 0) is 0 Å². The smallest absolute Gasteiger partial charge is 0.233 e. The number of hydrogen-bond acceptors (Lipinski definition) is 11. The number of aromatic nitrogens is 3. The number of anilines is 5. The Morgan fingerprint density at radius 1 is 0.829 bits per heavy atom. The molecule has 0 aliphatic carbocycles. The molecule has 1 aromatic carbocycles. The Hall–Kier alpha value is -2.73. The third kappa shape index (κ3) is 6.29. The molecule has 4 atom stereocenters. The van der Waals surface area contributed by atoms with Gasteiger partial charge in [0.15, 0.2) is 0 Å². The van der Waals surface area contributed by atoms with Gasteiger partial charge < -0.3 is 43.0 Å². The maximum atomic E-state index is 6.25. The Kier molecular flexibility index (Phi) is 7.90. The standard InChI is InChI=1S/C24H41N11/c1-4-35(15(2)3)21-7-5-20(6-8-21)29-22-30-23(33-11-16(25)9-17(26)12-33)32-24(31-22)34-13-18(27)10-19(28)14-34/h5-8,15-19H,4,9-14,25-28H2,1-3H3,(H,29,30,31,32)/t16-,17+,18-,19+. The molecule has 2 saturated heterocycles. The Morgan fingerprint density at radius 3 is 1.69 bits per heavy atom. The van der Waals surface area contributed by atoms with Gasteiger partial charge in [-0.3, -0.25) is 0 Å². The number of nitrogens with one attached hydrogen (secondary N) is 1. The lowest BCUT2D eigenvalue weighted by molar-refractivity contribution is 0.441. The van der Waals surface area contributed by atoms with Gasteiger partial charge in [-0.15, -0.1) is 0 Å². The van der Waals surface area contributed by atoms with Crippen molar-refractivity contribution >= 4 is 29.2 Å². The Balaban J connectivity index is 1.62. The quantitative estimate of drug-likeness (QED) is 0.374. The molecule has 192 valence electrons. The highest BCUT2D eigenvalue weighted by Crippen LogP contribution is 2.25. The van der Waals surface area contributed by atoms with Crippen molar-refractivity contribution in [3.8, 4) is 0 Å². The minimum absolute atomic E-state index is 0.0257. The van der Waals surface area contributed by atoms with E-state index in [0.29, 0.717) is 50.1 Å². The molecule has 0 spiro atoms. The number of nitrogens with zero attached hydrogens (tertiary/aromatic N) is 6. The molecule has 9 N–H and O–H groups in total. The molecule has 0 bridgehead atoms. The van der Waals surface area contributed by atoms with E-state index in [2.05, 4.69) is 43.1 Å². The van der Waals surface area contributed by atoms with E-state index in [9.17, 15) is 0 Å². The minimum atomic E-state index is -0.0257. The van der Waals surface area contributed by atoms with Gasteiger partial charge in [0.1, 0.15) is 0 Å². The van der Waals surface area contributed by atoms with Crippen LogP contribution in [0.5, 0.6) is 0 Å². The predicted octanol–water partition coefficient (Wildman–Crippen LogP) is 0.579. The van der Waals surface area contributed by atoms with Crippen molar-refractivity contribution in [2.75, 3.05) is 52.7 Å². The van der Waals surface area contributed by atoms with Gasteiger partial charge in [0, 0.05) is 74.3 Å². The van der Waals surface area contributed by atoms with E-state index >= 15 is 0 Å². The fraction of sp³-hybridized carbons (Fsp3) is 0.625. The molecular weight excluding hydrogens is 442 g/mol. The predicted molar refractivity (Wildman–Crippen MR) is 143 cm³/mol. The van der Waals surface area contributed by atoms with Crippen molar-refractivity contribution in [1.29, 1.82) is 0 Å². The summed E-state index contributed by atoms with van der Waals surface area (Å²) in [7, 11) is 0. The lowest BCUT2D eigenvalue weighted by atomic mass is 10.0. The normalized spacial score (nSPS) is 25.1. The largest absolute Gasteiger partial charge is 0.369 e. The van der Waals surface area contributed by atoms with E-state index in [1.807, 2.05) is 21.9 Å².